The summed E-state index contributed by atoms with van der Waals surface area (Å²) in [7, 11) is 0. The number of para-hydroxylation sites is 1. The third-order valence-electron chi connectivity index (χ3n) is 5.47. The highest BCUT2D eigenvalue weighted by Gasteiger charge is 2.24. The molecule has 6 heteroatoms. The molecule has 1 fully saturated rings. The normalized spacial score (nSPS) is 14.8. The first-order valence-electron chi connectivity index (χ1n) is 10.9. The number of ether oxygens (including phenoxy) is 1. The maximum Gasteiger partial charge on any atom is 0.316 e. The van der Waals surface area contributed by atoms with E-state index in [1.807, 2.05) is 44.2 Å². The zero-order valence-corrected chi connectivity index (χ0v) is 18.5. The van der Waals surface area contributed by atoms with Gasteiger partial charge in [0.05, 0.1) is 18.0 Å². The molecule has 4 rings (SSSR count). The van der Waals surface area contributed by atoms with Gasteiger partial charge in [0.15, 0.2) is 0 Å². The van der Waals surface area contributed by atoms with E-state index in [4.69, 9.17) is 4.74 Å². The van der Waals surface area contributed by atoms with Crippen molar-refractivity contribution < 1.29 is 4.74 Å². The Balaban J connectivity index is 1.54. The van der Waals surface area contributed by atoms with E-state index in [0.29, 0.717) is 5.75 Å². The van der Waals surface area contributed by atoms with Gasteiger partial charge in [-0.25, -0.2) is 0 Å². The molecule has 31 heavy (non-hydrogen) atoms. The van der Waals surface area contributed by atoms with Gasteiger partial charge in [0.25, 0.3) is 0 Å². The van der Waals surface area contributed by atoms with Crippen LogP contribution in [0, 0.1) is 6.92 Å². The lowest BCUT2D eigenvalue weighted by molar-refractivity contribution is 0.231. The summed E-state index contributed by atoms with van der Waals surface area (Å²) in [4.78, 5) is 17.9. The minimum Gasteiger partial charge on any atom is -0.483 e. The third kappa shape index (κ3) is 4.97. The van der Waals surface area contributed by atoms with Crippen LogP contribution in [-0.2, 0) is 6.54 Å². The van der Waals surface area contributed by atoms with Gasteiger partial charge in [-0.3, -0.25) is 9.69 Å². The summed E-state index contributed by atoms with van der Waals surface area (Å²) in [6.07, 6.45) is 1.67. The molecular weight excluding hydrogens is 388 g/mol. The van der Waals surface area contributed by atoms with E-state index in [9.17, 15) is 4.79 Å². The second-order valence-electron chi connectivity index (χ2n) is 8.33. The molecule has 0 atom stereocenters. The number of aryl methyl sites for hydroxylation is 1. The first-order valence-corrected chi connectivity index (χ1v) is 10.9. The van der Waals surface area contributed by atoms with Gasteiger partial charge in [0.2, 0.25) is 5.75 Å². The molecule has 0 amide bonds. The Morgan fingerprint density at radius 1 is 1.00 bits per heavy atom. The van der Waals surface area contributed by atoms with Crippen molar-refractivity contribution in [3.8, 4) is 11.4 Å². The average Bonchev–Trinajstić information content (AvgIpc) is 2.76. The Morgan fingerprint density at radius 3 is 2.42 bits per heavy atom. The van der Waals surface area contributed by atoms with E-state index in [1.165, 1.54) is 15.8 Å². The van der Waals surface area contributed by atoms with Gasteiger partial charge in [0.1, 0.15) is 5.69 Å². The van der Waals surface area contributed by atoms with Crippen molar-refractivity contribution in [2.45, 2.75) is 33.4 Å². The van der Waals surface area contributed by atoms with Crippen molar-refractivity contribution >= 4 is 5.69 Å². The molecule has 162 valence electrons. The first kappa shape index (κ1) is 21.1. The Morgan fingerprint density at radius 2 is 1.74 bits per heavy atom. The first-order chi connectivity index (χ1) is 15.0. The van der Waals surface area contributed by atoms with Crippen LogP contribution in [0.25, 0.3) is 5.69 Å². The Kier molecular flexibility index (Phi) is 6.37. The summed E-state index contributed by atoms with van der Waals surface area (Å²) in [5, 5.41) is 4.46. The predicted octanol–water partition coefficient (Wildman–Crippen LogP) is 3.65. The summed E-state index contributed by atoms with van der Waals surface area (Å²) >= 11 is 0. The van der Waals surface area contributed by atoms with Crippen LogP contribution in [0.2, 0.25) is 0 Å². The molecule has 0 bridgehead atoms. The molecule has 0 unspecified atom stereocenters. The molecule has 1 saturated heterocycles. The van der Waals surface area contributed by atoms with E-state index in [2.05, 4.69) is 46.1 Å². The number of anilines is 1. The number of hydrogen-bond acceptors (Lipinski definition) is 5. The van der Waals surface area contributed by atoms with Crippen LogP contribution in [-0.4, -0.2) is 47.0 Å². The van der Waals surface area contributed by atoms with Gasteiger partial charge in [-0.05, 0) is 38.5 Å². The lowest BCUT2D eigenvalue weighted by Crippen LogP contribution is -2.46. The molecular formula is C25H30N4O2. The molecule has 0 N–H and O–H groups in total. The topological polar surface area (TPSA) is 50.6 Å². The molecule has 2 aromatic carbocycles. The highest BCUT2D eigenvalue weighted by atomic mass is 16.5. The van der Waals surface area contributed by atoms with Gasteiger partial charge < -0.3 is 9.64 Å². The van der Waals surface area contributed by atoms with E-state index in [0.717, 1.165) is 44.1 Å². The summed E-state index contributed by atoms with van der Waals surface area (Å²) in [6, 6.07) is 18.1. The standard InChI is InChI=1S/C25H30N4O2/c1-19(2)31-24-23(17-26-29(25(24)30)22-10-5-4-6-11-22)28-14-12-27(13-15-28)18-21-9-7-8-20(3)16-21/h4-11,16-17,19H,12-15,18H2,1-3H3. The molecule has 6 nitrogen and oxygen atoms in total. The fraction of sp³-hybridized carbons (Fsp3) is 0.360. The maximum absolute atomic E-state index is 13.2. The maximum atomic E-state index is 13.2. The Labute approximate surface area is 183 Å². The van der Waals surface area contributed by atoms with Crippen LogP contribution in [0.3, 0.4) is 0 Å². The number of nitrogens with zero attached hydrogens (tertiary/aromatic N) is 4. The van der Waals surface area contributed by atoms with Crippen LogP contribution < -0.4 is 15.2 Å². The van der Waals surface area contributed by atoms with E-state index in [1.54, 1.807) is 6.20 Å². The van der Waals surface area contributed by atoms with E-state index in [-0.39, 0.29) is 11.7 Å². The lowest BCUT2D eigenvalue weighted by atomic mass is 10.1. The predicted molar refractivity (Wildman–Crippen MR) is 124 cm³/mol. The van der Waals surface area contributed by atoms with Crippen LogP contribution in [0.15, 0.2) is 65.6 Å². The highest BCUT2D eigenvalue weighted by Crippen LogP contribution is 2.26. The Hall–Kier alpha value is -3.12. The largest absolute Gasteiger partial charge is 0.483 e. The number of aromatic nitrogens is 2. The fourth-order valence-corrected chi connectivity index (χ4v) is 3.97. The van der Waals surface area contributed by atoms with Crippen molar-refractivity contribution in [2.75, 3.05) is 31.1 Å². The zero-order valence-electron chi connectivity index (χ0n) is 18.5. The molecule has 2 heterocycles. The van der Waals surface area contributed by atoms with Gasteiger partial charge >= 0.3 is 5.56 Å². The zero-order chi connectivity index (χ0) is 21.8. The van der Waals surface area contributed by atoms with Gasteiger partial charge in [0, 0.05) is 32.7 Å². The second-order valence-corrected chi connectivity index (χ2v) is 8.33. The number of piperazine rings is 1. The summed E-state index contributed by atoms with van der Waals surface area (Å²) < 4.78 is 7.41. The molecule has 1 aliphatic heterocycles. The highest BCUT2D eigenvalue weighted by molar-refractivity contribution is 5.57. The smallest absolute Gasteiger partial charge is 0.316 e. The number of benzene rings is 2. The van der Waals surface area contributed by atoms with Crippen LogP contribution >= 0.6 is 0 Å². The minimum absolute atomic E-state index is 0.0966. The SMILES string of the molecule is Cc1cccc(CN2CCN(c3cnn(-c4ccccc4)c(=O)c3OC(C)C)CC2)c1. The van der Waals surface area contributed by atoms with Gasteiger partial charge in [-0.1, -0.05) is 48.0 Å². The van der Waals surface area contributed by atoms with Crippen LogP contribution in [0.4, 0.5) is 5.69 Å². The van der Waals surface area contributed by atoms with Gasteiger partial charge in [-0.2, -0.15) is 9.78 Å². The average molecular weight is 419 g/mol. The minimum atomic E-state index is -0.223. The van der Waals surface area contributed by atoms with Crippen molar-refractivity contribution in [2.24, 2.45) is 0 Å². The molecule has 0 saturated carbocycles. The quantitative estimate of drug-likeness (QED) is 0.612. The van der Waals surface area contributed by atoms with Crippen molar-refractivity contribution in [3.05, 3.63) is 82.3 Å². The Bertz CT molecular complexity index is 1070. The molecule has 1 aliphatic rings. The third-order valence-corrected chi connectivity index (χ3v) is 5.47. The number of rotatable bonds is 6. The molecule has 1 aromatic heterocycles. The lowest BCUT2D eigenvalue weighted by Gasteiger charge is -2.36. The summed E-state index contributed by atoms with van der Waals surface area (Å²) in [5.41, 5.74) is 3.91. The summed E-state index contributed by atoms with van der Waals surface area (Å²) in [5.74, 6) is 0.376. The summed E-state index contributed by atoms with van der Waals surface area (Å²) in [6.45, 7) is 10.5. The molecule has 0 spiro atoms. The van der Waals surface area contributed by atoms with Crippen molar-refractivity contribution in [1.29, 1.82) is 0 Å². The van der Waals surface area contributed by atoms with Crippen molar-refractivity contribution in [1.82, 2.24) is 14.7 Å². The number of hydrogen-bond donors (Lipinski definition) is 0. The van der Waals surface area contributed by atoms with E-state index >= 15 is 0 Å². The fourth-order valence-electron chi connectivity index (χ4n) is 3.97. The van der Waals surface area contributed by atoms with Gasteiger partial charge in [-0.15, -0.1) is 0 Å². The second kappa shape index (κ2) is 9.35. The molecule has 3 aromatic rings. The molecule has 0 aliphatic carbocycles. The van der Waals surface area contributed by atoms with Crippen LogP contribution in [0.5, 0.6) is 5.75 Å². The van der Waals surface area contributed by atoms with Crippen molar-refractivity contribution in [3.63, 3.8) is 0 Å². The van der Waals surface area contributed by atoms with Crippen LogP contribution in [0.1, 0.15) is 25.0 Å². The molecule has 0 radical (unpaired) electrons. The van der Waals surface area contributed by atoms with E-state index < -0.39 is 0 Å². The monoisotopic (exact) mass is 418 g/mol.